The van der Waals surface area contributed by atoms with E-state index in [1.807, 2.05) is 0 Å². The van der Waals surface area contributed by atoms with Crippen LogP contribution in [0, 0.1) is 5.92 Å². The van der Waals surface area contributed by atoms with Gasteiger partial charge in [0.2, 0.25) is 5.91 Å². The molecular formula is C16H22ClN3O2. The number of rotatable bonds is 5. The molecule has 2 rings (SSSR count). The third-order valence-corrected chi connectivity index (χ3v) is 3.50. The van der Waals surface area contributed by atoms with Crippen LogP contribution in [0.25, 0.3) is 0 Å². The average Bonchev–Trinajstić information content (AvgIpc) is 2.54. The van der Waals surface area contributed by atoms with Crippen LogP contribution in [0.15, 0.2) is 36.9 Å². The van der Waals surface area contributed by atoms with Crippen LogP contribution in [0.1, 0.15) is 23.2 Å². The van der Waals surface area contributed by atoms with Crippen molar-refractivity contribution in [1.29, 1.82) is 0 Å². The van der Waals surface area contributed by atoms with E-state index in [2.05, 4.69) is 22.5 Å². The van der Waals surface area contributed by atoms with Gasteiger partial charge in [0.25, 0.3) is 5.91 Å². The number of anilines is 1. The highest BCUT2D eigenvalue weighted by atomic mass is 35.5. The molecule has 3 N–H and O–H groups in total. The summed E-state index contributed by atoms with van der Waals surface area (Å²) in [4.78, 5) is 24.3. The molecule has 0 saturated carbocycles. The first-order valence-corrected chi connectivity index (χ1v) is 7.22. The Morgan fingerprint density at radius 3 is 2.82 bits per heavy atom. The van der Waals surface area contributed by atoms with E-state index in [4.69, 9.17) is 0 Å². The second kappa shape index (κ2) is 9.23. The Morgan fingerprint density at radius 2 is 2.14 bits per heavy atom. The van der Waals surface area contributed by atoms with Gasteiger partial charge in [0.15, 0.2) is 0 Å². The second-order valence-electron chi connectivity index (χ2n) is 5.08. The number of para-hydroxylation sites is 1. The summed E-state index contributed by atoms with van der Waals surface area (Å²) >= 11 is 0. The summed E-state index contributed by atoms with van der Waals surface area (Å²) in [7, 11) is 0. The third-order valence-electron chi connectivity index (χ3n) is 3.50. The first kappa shape index (κ1) is 18.2. The second-order valence-corrected chi connectivity index (χ2v) is 5.08. The minimum atomic E-state index is -0.215. The maximum absolute atomic E-state index is 12.3. The number of carbonyl (C=O) groups is 2. The lowest BCUT2D eigenvalue weighted by Crippen LogP contribution is -2.37. The molecule has 1 saturated heterocycles. The molecule has 6 heteroatoms. The lowest BCUT2D eigenvalue weighted by Gasteiger charge is -2.22. The molecule has 1 aliphatic heterocycles. The Labute approximate surface area is 137 Å². The Bertz CT molecular complexity index is 528. The van der Waals surface area contributed by atoms with Gasteiger partial charge in [-0.2, -0.15) is 0 Å². The Morgan fingerprint density at radius 1 is 1.36 bits per heavy atom. The molecule has 1 aromatic rings. The zero-order valence-corrected chi connectivity index (χ0v) is 13.2. The Balaban J connectivity index is 0.00000242. The van der Waals surface area contributed by atoms with Crippen molar-refractivity contribution in [1.82, 2.24) is 10.6 Å². The number of benzene rings is 1. The molecule has 5 nitrogen and oxygen atoms in total. The van der Waals surface area contributed by atoms with Gasteiger partial charge in [-0.05, 0) is 31.5 Å². The van der Waals surface area contributed by atoms with Gasteiger partial charge in [-0.3, -0.25) is 9.59 Å². The highest BCUT2D eigenvalue weighted by Gasteiger charge is 2.22. The molecule has 0 bridgehead atoms. The minimum Gasteiger partial charge on any atom is -0.349 e. The quantitative estimate of drug-likeness (QED) is 0.725. The monoisotopic (exact) mass is 323 g/mol. The smallest absolute Gasteiger partial charge is 0.253 e. The van der Waals surface area contributed by atoms with Crippen molar-refractivity contribution in [3.63, 3.8) is 0 Å². The van der Waals surface area contributed by atoms with E-state index in [1.54, 1.807) is 30.3 Å². The molecule has 1 aromatic carbocycles. The van der Waals surface area contributed by atoms with Gasteiger partial charge in [-0.1, -0.05) is 18.2 Å². The zero-order valence-electron chi connectivity index (χ0n) is 12.4. The van der Waals surface area contributed by atoms with Crippen molar-refractivity contribution in [3.05, 3.63) is 42.5 Å². The van der Waals surface area contributed by atoms with Gasteiger partial charge in [0, 0.05) is 13.1 Å². The molecule has 2 amide bonds. The summed E-state index contributed by atoms with van der Waals surface area (Å²) in [5.74, 6) is -0.290. The molecular weight excluding hydrogens is 302 g/mol. The summed E-state index contributed by atoms with van der Waals surface area (Å²) in [6.45, 7) is 5.62. The summed E-state index contributed by atoms with van der Waals surface area (Å²) in [6.07, 6.45) is 3.50. The lowest BCUT2D eigenvalue weighted by atomic mass is 9.98. The predicted molar refractivity (Wildman–Crippen MR) is 90.4 cm³/mol. The third kappa shape index (κ3) is 4.86. The van der Waals surface area contributed by atoms with Crippen molar-refractivity contribution in [2.75, 3.05) is 25.0 Å². The van der Waals surface area contributed by atoms with Crippen molar-refractivity contribution in [3.8, 4) is 0 Å². The van der Waals surface area contributed by atoms with Crippen molar-refractivity contribution < 1.29 is 9.59 Å². The van der Waals surface area contributed by atoms with Crippen molar-refractivity contribution in [2.45, 2.75) is 12.8 Å². The summed E-state index contributed by atoms with van der Waals surface area (Å²) in [6, 6.07) is 7.03. The fourth-order valence-electron chi connectivity index (χ4n) is 2.36. The standard InChI is InChI=1S/C16H21N3O2.ClH/c1-2-9-18-16(21)13-7-3-4-8-14(13)19-15(20)12-6-5-10-17-11-12;/h2-4,7-8,12,17H,1,5-6,9-11H2,(H,18,21)(H,19,20);1H. The number of carbonyl (C=O) groups excluding carboxylic acids is 2. The van der Waals surface area contributed by atoms with E-state index >= 15 is 0 Å². The number of hydrogen-bond donors (Lipinski definition) is 3. The minimum absolute atomic E-state index is 0. The zero-order chi connectivity index (χ0) is 15.1. The largest absolute Gasteiger partial charge is 0.349 e. The fraction of sp³-hybridized carbons (Fsp3) is 0.375. The summed E-state index contributed by atoms with van der Waals surface area (Å²) in [5, 5.41) is 8.81. The lowest BCUT2D eigenvalue weighted by molar-refractivity contribution is -0.120. The summed E-state index contributed by atoms with van der Waals surface area (Å²) in [5.41, 5.74) is 1.02. The maximum Gasteiger partial charge on any atom is 0.253 e. The summed E-state index contributed by atoms with van der Waals surface area (Å²) < 4.78 is 0. The van der Waals surface area contributed by atoms with Crippen LogP contribution in [0.2, 0.25) is 0 Å². The highest BCUT2D eigenvalue weighted by Crippen LogP contribution is 2.18. The van der Waals surface area contributed by atoms with E-state index in [-0.39, 0.29) is 30.1 Å². The van der Waals surface area contributed by atoms with Crippen LogP contribution in [0.3, 0.4) is 0 Å². The highest BCUT2D eigenvalue weighted by molar-refractivity contribution is 6.04. The normalized spacial score (nSPS) is 17.0. The van der Waals surface area contributed by atoms with E-state index in [9.17, 15) is 9.59 Å². The predicted octanol–water partition coefficient (Wildman–Crippen LogP) is 1.96. The van der Waals surface area contributed by atoms with Crippen LogP contribution in [0.5, 0.6) is 0 Å². The molecule has 0 spiro atoms. The molecule has 1 fully saturated rings. The number of piperidine rings is 1. The van der Waals surface area contributed by atoms with E-state index in [1.165, 1.54) is 0 Å². The van der Waals surface area contributed by atoms with Gasteiger partial charge < -0.3 is 16.0 Å². The first-order valence-electron chi connectivity index (χ1n) is 7.22. The molecule has 1 aliphatic rings. The molecule has 120 valence electrons. The van der Waals surface area contributed by atoms with Crippen LogP contribution < -0.4 is 16.0 Å². The SMILES string of the molecule is C=CCNC(=O)c1ccccc1NC(=O)C1CCCNC1.Cl. The Hall–Kier alpha value is -1.85. The molecule has 0 aliphatic carbocycles. The number of nitrogens with one attached hydrogen (secondary N) is 3. The van der Waals surface area contributed by atoms with Crippen LogP contribution in [-0.2, 0) is 4.79 Å². The van der Waals surface area contributed by atoms with Gasteiger partial charge in [-0.25, -0.2) is 0 Å². The average molecular weight is 324 g/mol. The first-order chi connectivity index (χ1) is 10.2. The molecule has 1 unspecified atom stereocenters. The number of amides is 2. The fourth-order valence-corrected chi connectivity index (χ4v) is 2.36. The topological polar surface area (TPSA) is 70.2 Å². The van der Waals surface area contributed by atoms with Gasteiger partial charge >= 0.3 is 0 Å². The van der Waals surface area contributed by atoms with Gasteiger partial charge in [0.1, 0.15) is 0 Å². The van der Waals surface area contributed by atoms with Crippen LogP contribution >= 0.6 is 12.4 Å². The van der Waals surface area contributed by atoms with Gasteiger partial charge in [-0.15, -0.1) is 19.0 Å². The van der Waals surface area contributed by atoms with Crippen molar-refractivity contribution >= 4 is 29.9 Å². The van der Waals surface area contributed by atoms with E-state index in [0.717, 1.165) is 19.4 Å². The van der Waals surface area contributed by atoms with Crippen LogP contribution in [-0.4, -0.2) is 31.4 Å². The molecule has 22 heavy (non-hydrogen) atoms. The Kier molecular flexibility index (Phi) is 7.63. The van der Waals surface area contributed by atoms with E-state index in [0.29, 0.717) is 24.3 Å². The molecule has 1 heterocycles. The number of halogens is 1. The van der Waals surface area contributed by atoms with Crippen LogP contribution in [0.4, 0.5) is 5.69 Å². The number of hydrogen-bond acceptors (Lipinski definition) is 3. The molecule has 1 atom stereocenters. The molecule has 0 aromatic heterocycles. The molecule has 0 radical (unpaired) electrons. The maximum atomic E-state index is 12.3. The van der Waals surface area contributed by atoms with E-state index < -0.39 is 0 Å². The van der Waals surface area contributed by atoms with Crippen molar-refractivity contribution in [2.24, 2.45) is 5.92 Å². The van der Waals surface area contributed by atoms with Gasteiger partial charge in [0.05, 0.1) is 17.2 Å².